The molecular formula is C47H32N4. The third-order valence-corrected chi connectivity index (χ3v) is 9.35. The zero-order valence-electron chi connectivity index (χ0n) is 28.0. The first-order valence-corrected chi connectivity index (χ1v) is 17.1. The van der Waals surface area contributed by atoms with Crippen LogP contribution in [0.3, 0.4) is 0 Å². The van der Waals surface area contributed by atoms with Gasteiger partial charge in [0.1, 0.15) is 0 Å². The van der Waals surface area contributed by atoms with Gasteiger partial charge in [0.05, 0.1) is 28.1 Å². The van der Waals surface area contributed by atoms with Crippen molar-refractivity contribution in [1.29, 1.82) is 0 Å². The van der Waals surface area contributed by atoms with Crippen LogP contribution in [0.1, 0.15) is 5.69 Å². The molecule has 9 aromatic rings. The van der Waals surface area contributed by atoms with Crippen LogP contribution < -0.4 is 0 Å². The van der Waals surface area contributed by atoms with Crippen LogP contribution in [0.4, 0.5) is 0 Å². The minimum atomic E-state index is 0.697. The molecule has 51 heavy (non-hydrogen) atoms. The standard InChI is InChI=1S/C47H32N4/c1-31-28-41(33-12-5-2-6-13-33)40-26-24-36-25-27-42(49-45(36)46(40)48-31)39-19-11-18-38(29-39)32-20-22-37(23-21-32)47-50-43(34-14-7-3-8-15-34)30-44(51-47)35-16-9-4-10-17-35/h2-30H,1H3. The summed E-state index contributed by atoms with van der Waals surface area (Å²) < 4.78 is 0. The van der Waals surface area contributed by atoms with Crippen LogP contribution in [-0.4, -0.2) is 19.9 Å². The van der Waals surface area contributed by atoms with Gasteiger partial charge in [-0.25, -0.2) is 15.0 Å². The lowest BCUT2D eigenvalue weighted by Gasteiger charge is -2.12. The molecule has 4 heteroatoms. The van der Waals surface area contributed by atoms with Crippen molar-refractivity contribution in [2.45, 2.75) is 6.92 Å². The van der Waals surface area contributed by atoms with E-state index >= 15 is 0 Å². The Hall–Kier alpha value is -6.78. The van der Waals surface area contributed by atoms with E-state index in [0.717, 1.165) is 78.0 Å². The van der Waals surface area contributed by atoms with Crippen LogP contribution in [0.5, 0.6) is 0 Å². The van der Waals surface area contributed by atoms with Crippen molar-refractivity contribution in [2.75, 3.05) is 0 Å². The van der Waals surface area contributed by atoms with Gasteiger partial charge >= 0.3 is 0 Å². The first kappa shape index (κ1) is 30.3. The smallest absolute Gasteiger partial charge is 0.160 e. The largest absolute Gasteiger partial charge is 0.251 e. The summed E-state index contributed by atoms with van der Waals surface area (Å²) in [6.45, 7) is 2.05. The number of rotatable bonds is 6. The van der Waals surface area contributed by atoms with E-state index in [0.29, 0.717) is 5.82 Å². The van der Waals surface area contributed by atoms with E-state index in [2.05, 4.69) is 140 Å². The summed E-state index contributed by atoms with van der Waals surface area (Å²) in [6.07, 6.45) is 0. The molecule has 0 bridgehead atoms. The molecule has 0 aliphatic heterocycles. The van der Waals surface area contributed by atoms with Crippen molar-refractivity contribution in [3.05, 3.63) is 182 Å². The van der Waals surface area contributed by atoms with Gasteiger partial charge in [0.25, 0.3) is 0 Å². The minimum absolute atomic E-state index is 0.697. The second-order valence-electron chi connectivity index (χ2n) is 12.8. The molecule has 3 aromatic heterocycles. The van der Waals surface area contributed by atoms with Gasteiger partial charge in [-0.3, -0.25) is 4.98 Å². The summed E-state index contributed by atoms with van der Waals surface area (Å²) in [6, 6.07) is 61.0. The molecule has 0 saturated heterocycles. The van der Waals surface area contributed by atoms with Crippen molar-refractivity contribution in [2.24, 2.45) is 0 Å². The highest BCUT2D eigenvalue weighted by Crippen LogP contribution is 2.35. The van der Waals surface area contributed by atoms with Crippen LogP contribution in [0, 0.1) is 6.92 Å². The maximum Gasteiger partial charge on any atom is 0.160 e. The number of benzene rings is 6. The summed E-state index contributed by atoms with van der Waals surface area (Å²) in [4.78, 5) is 20.2. The molecule has 9 rings (SSSR count). The summed E-state index contributed by atoms with van der Waals surface area (Å²) in [7, 11) is 0. The molecule has 4 nitrogen and oxygen atoms in total. The van der Waals surface area contributed by atoms with Crippen LogP contribution in [0.15, 0.2) is 176 Å². The van der Waals surface area contributed by atoms with Gasteiger partial charge in [-0.15, -0.1) is 0 Å². The van der Waals surface area contributed by atoms with E-state index in [4.69, 9.17) is 19.9 Å². The lowest BCUT2D eigenvalue weighted by molar-refractivity contribution is 1.18. The summed E-state index contributed by atoms with van der Waals surface area (Å²) >= 11 is 0. The lowest BCUT2D eigenvalue weighted by atomic mass is 9.98. The van der Waals surface area contributed by atoms with Crippen molar-refractivity contribution >= 4 is 21.8 Å². The third kappa shape index (κ3) is 5.94. The molecule has 0 radical (unpaired) electrons. The number of pyridine rings is 2. The average Bonchev–Trinajstić information content (AvgIpc) is 3.21. The van der Waals surface area contributed by atoms with Gasteiger partial charge in [-0.05, 0) is 53.4 Å². The Morgan fingerprint density at radius 3 is 1.57 bits per heavy atom. The molecule has 240 valence electrons. The van der Waals surface area contributed by atoms with Crippen LogP contribution in [0.2, 0.25) is 0 Å². The molecule has 0 aliphatic carbocycles. The maximum absolute atomic E-state index is 5.23. The van der Waals surface area contributed by atoms with Gasteiger partial charge in [-0.1, -0.05) is 152 Å². The first-order valence-electron chi connectivity index (χ1n) is 17.1. The fourth-order valence-corrected chi connectivity index (χ4v) is 6.78. The molecule has 0 N–H and O–H groups in total. The molecule has 6 aromatic carbocycles. The number of aromatic nitrogens is 4. The molecule has 0 amide bonds. The summed E-state index contributed by atoms with van der Waals surface area (Å²) in [5.41, 5.74) is 14.2. The van der Waals surface area contributed by atoms with E-state index in [1.807, 2.05) is 42.5 Å². The first-order chi connectivity index (χ1) is 25.2. The van der Waals surface area contributed by atoms with Crippen molar-refractivity contribution in [3.8, 4) is 67.4 Å². The van der Waals surface area contributed by atoms with E-state index in [-0.39, 0.29) is 0 Å². The van der Waals surface area contributed by atoms with E-state index in [1.54, 1.807) is 0 Å². The Labute approximate surface area is 296 Å². The minimum Gasteiger partial charge on any atom is -0.251 e. The predicted molar refractivity (Wildman–Crippen MR) is 210 cm³/mol. The van der Waals surface area contributed by atoms with Gasteiger partial charge in [0.15, 0.2) is 5.82 Å². The van der Waals surface area contributed by atoms with E-state index in [1.165, 1.54) is 11.1 Å². The molecular weight excluding hydrogens is 621 g/mol. The highest BCUT2D eigenvalue weighted by molar-refractivity contribution is 6.08. The number of aryl methyl sites for hydroxylation is 1. The Morgan fingerprint density at radius 2 is 0.902 bits per heavy atom. The fraction of sp³-hybridized carbons (Fsp3) is 0.0213. The van der Waals surface area contributed by atoms with Crippen LogP contribution in [-0.2, 0) is 0 Å². The van der Waals surface area contributed by atoms with E-state index < -0.39 is 0 Å². The van der Waals surface area contributed by atoms with Gasteiger partial charge < -0.3 is 0 Å². The second-order valence-corrected chi connectivity index (χ2v) is 12.8. The Balaban J connectivity index is 1.07. The van der Waals surface area contributed by atoms with Crippen LogP contribution in [0.25, 0.3) is 89.2 Å². The average molecular weight is 653 g/mol. The van der Waals surface area contributed by atoms with Crippen molar-refractivity contribution in [1.82, 2.24) is 19.9 Å². The summed E-state index contributed by atoms with van der Waals surface area (Å²) in [5.74, 6) is 0.697. The number of hydrogen-bond acceptors (Lipinski definition) is 4. The Kier molecular flexibility index (Phi) is 7.67. The molecule has 0 aliphatic rings. The number of fused-ring (bicyclic) bond motifs is 3. The maximum atomic E-state index is 5.23. The quantitative estimate of drug-likeness (QED) is 0.168. The van der Waals surface area contributed by atoms with Gasteiger partial charge in [0, 0.05) is 38.7 Å². The fourth-order valence-electron chi connectivity index (χ4n) is 6.78. The molecule has 0 spiro atoms. The third-order valence-electron chi connectivity index (χ3n) is 9.35. The topological polar surface area (TPSA) is 51.6 Å². The Morgan fingerprint density at radius 1 is 0.333 bits per heavy atom. The number of nitrogens with zero attached hydrogens (tertiary/aromatic N) is 4. The predicted octanol–water partition coefficient (Wildman–Crippen LogP) is 11.9. The molecule has 3 heterocycles. The lowest BCUT2D eigenvalue weighted by Crippen LogP contribution is -1.96. The molecule has 0 unspecified atom stereocenters. The zero-order chi connectivity index (χ0) is 34.1. The highest BCUT2D eigenvalue weighted by Gasteiger charge is 2.14. The monoisotopic (exact) mass is 652 g/mol. The van der Waals surface area contributed by atoms with Crippen molar-refractivity contribution in [3.63, 3.8) is 0 Å². The Bertz CT molecular complexity index is 2610. The normalized spacial score (nSPS) is 11.2. The van der Waals surface area contributed by atoms with Gasteiger partial charge in [0.2, 0.25) is 0 Å². The van der Waals surface area contributed by atoms with Gasteiger partial charge in [-0.2, -0.15) is 0 Å². The van der Waals surface area contributed by atoms with E-state index in [9.17, 15) is 0 Å². The highest BCUT2D eigenvalue weighted by atomic mass is 14.9. The van der Waals surface area contributed by atoms with Crippen LogP contribution >= 0.6 is 0 Å². The van der Waals surface area contributed by atoms with Crippen molar-refractivity contribution < 1.29 is 0 Å². The SMILES string of the molecule is Cc1cc(-c2ccccc2)c2ccc3ccc(-c4cccc(-c5ccc(-c6nc(-c7ccccc7)cc(-c7ccccc7)n6)cc5)c4)nc3c2n1. The number of hydrogen-bond donors (Lipinski definition) is 0. The molecule has 0 fully saturated rings. The summed E-state index contributed by atoms with van der Waals surface area (Å²) in [5, 5.41) is 2.18. The molecule has 0 atom stereocenters. The second kappa shape index (κ2) is 12.9. The zero-order valence-corrected chi connectivity index (χ0v) is 28.0. The molecule has 0 saturated carbocycles.